The second-order valence-electron chi connectivity index (χ2n) is 6.84. The molecule has 0 bridgehead atoms. The molecule has 2 rings (SSSR count). The fraction of sp³-hybridized carbons (Fsp3) is 0.391. The predicted octanol–water partition coefficient (Wildman–Crippen LogP) is 4.22. The van der Waals surface area contributed by atoms with Crippen molar-refractivity contribution < 1.29 is 19.1 Å². The molecule has 156 valence electrons. The maximum absolute atomic E-state index is 12.4. The molecule has 0 aliphatic carbocycles. The number of hydrogen-bond acceptors (Lipinski definition) is 4. The first-order chi connectivity index (χ1) is 14.1. The van der Waals surface area contributed by atoms with Crippen LogP contribution in [0.15, 0.2) is 48.5 Å². The van der Waals surface area contributed by atoms with Crippen molar-refractivity contribution in [2.75, 3.05) is 13.2 Å². The van der Waals surface area contributed by atoms with Crippen LogP contribution in [0.3, 0.4) is 0 Å². The molecule has 0 aromatic heterocycles. The Morgan fingerprint density at radius 3 is 2.34 bits per heavy atom. The van der Waals surface area contributed by atoms with Crippen molar-refractivity contribution in [3.63, 3.8) is 0 Å². The van der Waals surface area contributed by atoms with Gasteiger partial charge in [-0.25, -0.2) is 0 Å². The van der Waals surface area contributed by atoms with Gasteiger partial charge in [0.05, 0.1) is 12.2 Å². The number of benzene rings is 2. The van der Waals surface area contributed by atoms with Crippen LogP contribution in [0.2, 0.25) is 0 Å². The highest BCUT2D eigenvalue weighted by atomic mass is 16.5. The van der Waals surface area contributed by atoms with Gasteiger partial charge in [0.1, 0.15) is 11.5 Å². The van der Waals surface area contributed by atoms with E-state index >= 15 is 0 Å². The van der Waals surface area contributed by atoms with Gasteiger partial charge in [0.2, 0.25) is 0 Å². The van der Waals surface area contributed by atoms with Gasteiger partial charge in [0.15, 0.2) is 6.61 Å². The van der Waals surface area contributed by atoms with Crippen molar-refractivity contribution >= 4 is 11.8 Å². The minimum atomic E-state index is -0.443. The molecule has 0 saturated heterocycles. The maximum Gasteiger partial charge on any atom is 0.276 e. The highest BCUT2D eigenvalue weighted by Crippen LogP contribution is 2.28. The Balaban J connectivity index is 1.88. The zero-order valence-corrected chi connectivity index (χ0v) is 17.4. The summed E-state index contributed by atoms with van der Waals surface area (Å²) in [6.07, 6.45) is 2.88. The molecule has 0 aliphatic rings. The summed E-state index contributed by atoms with van der Waals surface area (Å²) in [5.74, 6) is 0.620. The fourth-order valence-corrected chi connectivity index (χ4v) is 2.72. The van der Waals surface area contributed by atoms with Crippen LogP contribution in [0.4, 0.5) is 0 Å². The van der Waals surface area contributed by atoms with E-state index < -0.39 is 11.8 Å². The number of amides is 2. The van der Waals surface area contributed by atoms with Gasteiger partial charge in [-0.05, 0) is 42.5 Å². The lowest BCUT2D eigenvalue weighted by atomic mass is 9.98. The number of carbonyl (C=O) groups excluding carboxylic acids is 2. The number of para-hydroxylation sites is 2. The van der Waals surface area contributed by atoms with Gasteiger partial charge < -0.3 is 9.47 Å². The molecule has 29 heavy (non-hydrogen) atoms. The molecule has 0 radical (unpaired) electrons. The van der Waals surface area contributed by atoms with Crippen molar-refractivity contribution in [2.24, 2.45) is 0 Å². The second-order valence-corrected chi connectivity index (χ2v) is 6.84. The van der Waals surface area contributed by atoms with E-state index in [2.05, 4.69) is 31.6 Å². The third kappa shape index (κ3) is 6.82. The fourth-order valence-electron chi connectivity index (χ4n) is 2.72. The van der Waals surface area contributed by atoms with Crippen molar-refractivity contribution in [1.29, 1.82) is 0 Å². The zero-order chi connectivity index (χ0) is 21.1. The van der Waals surface area contributed by atoms with E-state index in [9.17, 15) is 9.59 Å². The van der Waals surface area contributed by atoms with E-state index in [0.717, 1.165) is 24.8 Å². The lowest BCUT2D eigenvalue weighted by Gasteiger charge is -2.16. The summed E-state index contributed by atoms with van der Waals surface area (Å²) in [6.45, 7) is 6.63. The van der Waals surface area contributed by atoms with E-state index in [1.54, 1.807) is 24.3 Å². The van der Waals surface area contributed by atoms with Crippen LogP contribution in [0.25, 0.3) is 0 Å². The van der Waals surface area contributed by atoms with E-state index in [1.807, 2.05) is 24.3 Å². The molecule has 6 heteroatoms. The third-order valence-corrected chi connectivity index (χ3v) is 4.62. The Kier molecular flexibility index (Phi) is 9.02. The van der Waals surface area contributed by atoms with Crippen molar-refractivity contribution in [1.82, 2.24) is 10.9 Å². The summed E-state index contributed by atoms with van der Waals surface area (Å²) in [7, 11) is 0. The van der Waals surface area contributed by atoms with Crippen LogP contribution in [-0.2, 0) is 4.79 Å². The van der Waals surface area contributed by atoms with Gasteiger partial charge in [-0.15, -0.1) is 0 Å². The zero-order valence-electron chi connectivity index (χ0n) is 17.4. The molecule has 1 atom stereocenters. The normalized spacial score (nSPS) is 11.4. The predicted molar refractivity (Wildman–Crippen MR) is 113 cm³/mol. The van der Waals surface area contributed by atoms with Crippen LogP contribution in [0.5, 0.6) is 11.5 Å². The number of unbranched alkanes of at least 4 members (excludes halogenated alkanes) is 1. The largest absolute Gasteiger partial charge is 0.493 e. The molecule has 2 aromatic carbocycles. The number of rotatable bonds is 10. The quantitative estimate of drug-likeness (QED) is 0.464. The van der Waals surface area contributed by atoms with Crippen molar-refractivity contribution in [2.45, 2.75) is 46.0 Å². The molecular formula is C23H30N2O4. The monoisotopic (exact) mass is 398 g/mol. The third-order valence-electron chi connectivity index (χ3n) is 4.62. The topological polar surface area (TPSA) is 76.7 Å². The number of carbonyl (C=O) groups is 2. The van der Waals surface area contributed by atoms with Gasteiger partial charge in [-0.1, -0.05) is 57.5 Å². The minimum Gasteiger partial charge on any atom is -0.493 e. The first-order valence-electron chi connectivity index (χ1n) is 10.1. The average Bonchev–Trinajstić information content (AvgIpc) is 2.76. The maximum atomic E-state index is 12.4. The molecule has 2 aromatic rings. The first-order valence-corrected chi connectivity index (χ1v) is 10.1. The van der Waals surface area contributed by atoms with Gasteiger partial charge in [-0.3, -0.25) is 20.4 Å². The van der Waals surface area contributed by atoms with Crippen LogP contribution < -0.4 is 20.3 Å². The van der Waals surface area contributed by atoms with Crippen molar-refractivity contribution in [3.05, 3.63) is 59.7 Å². The summed E-state index contributed by atoms with van der Waals surface area (Å²) in [5.41, 5.74) is 6.23. The van der Waals surface area contributed by atoms with Crippen LogP contribution in [-0.4, -0.2) is 25.0 Å². The standard InChI is InChI=1S/C23H30N2O4/c1-4-6-15-28-21-14-10-8-12-19(21)23(27)25-24-22(26)16-29-20-13-9-7-11-18(20)17(3)5-2/h7-14,17H,4-6,15-16H2,1-3H3,(H,24,26)(H,25,27)/t17-/m1/s1. The lowest BCUT2D eigenvalue weighted by Crippen LogP contribution is -2.44. The van der Waals surface area contributed by atoms with Crippen LogP contribution in [0, 0.1) is 0 Å². The van der Waals surface area contributed by atoms with Crippen molar-refractivity contribution in [3.8, 4) is 11.5 Å². The lowest BCUT2D eigenvalue weighted by molar-refractivity contribution is -0.123. The number of hydrogen-bond donors (Lipinski definition) is 2. The summed E-state index contributed by atoms with van der Waals surface area (Å²) >= 11 is 0. The van der Waals surface area contributed by atoms with Gasteiger partial charge in [0.25, 0.3) is 11.8 Å². The number of ether oxygens (including phenoxy) is 2. The molecule has 0 fully saturated rings. The Bertz CT molecular complexity index is 807. The van der Waals surface area contributed by atoms with Gasteiger partial charge in [-0.2, -0.15) is 0 Å². The van der Waals surface area contributed by atoms with E-state index in [1.165, 1.54) is 0 Å². The Morgan fingerprint density at radius 1 is 0.931 bits per heavy atom. The number of nitrogens with one attached hydrogen (secondary N) is 2. The molecule has 0 spiro atoms. The first kappa shape index (κ1) is 22.3. The van der Waals surface area contributed by atoms with Crippen LogP contribution in [0.1, 0.15) is 61.9 Å². The summed E-state index contributed by atoms with van der Waals surface area (Å²) in [5, 5.41) is 0. The Hall–Kier alpha value is -3.02. The summed E-state index contributed by atoms with van der Waals surface area (Å²) in [6, 6.07) is 14.6. The Morgan fingerprint density at radius 2 is 1.62 bits per heavy atom. The summed E-state index contributed by atoms with van der Waals surface area (Å²) < 4.78 is 11.3. The van der Waals surface area contributed by atoms with Gasteiger partial charge in [0, 0.05) is 0 Å². The molecule has 0 aliphatic heterocycles. The average molecular weight is 399 g/mol. The number of hydrazine groups is 1. The molecule has 0 saturated carbocycles. The van der Waals surface area contributed by atoms with E-state index in [0.29, 0.717) is 29.6 Å². The second kappa shape index (κ2) is 11.7. The molecule has 2 amide bonds. The SMILES string of the molecule is CCCCOc1ccccc1C(=O)NNC(=O)COc1ccccc1[C@H](C)CC. The molecule has 6 nitrogen and oxygen atoms in total. The van der Waals surface area contributed by atoms with Crippen LogP contribution >= 0.6 is 0 Å². The molecule has 0 heterocycles. The summed E-state index contributed by atoms with van der Waals surface area (Å²) in [4.78, 5) is 24.5. The minimum absolute atomic E-state index is 0.192. The smallest absolute Gasteiger partial charge is 0.276 e. The molecule has 2 N–H and O–H groups in total. The van der Waals surface area contributed by atoms with E-state index in [-0.39, 0.29) is 6.61 Å². The van der Waals surface area contributed by atoms with Gasteiger partial charge >= 0.3 is 0 Å². The molecular weight excluding hydrogens is 368 g/mol. The highest BCUT2D eigenvalue weighted by molar-refractivity contribution is 5.97. The Labute approximate surface area is 172 Å². The molecule has 0 unspecified atom stereocenters. The highest BCUT2D eigenvalue weighted by Gasteiger charge is 2.14. The van der Waals surface area contributed by atoms with E-state index in [4.69, 9.17) is 9.47 Å².